The smallest absolute Gasteiger partial charge is 0.153 e. The van der Waals surface area contributed by atoms with E-state index in [1.54, 1.807) is 12.3 Å². The molecule has 0 saturated heterocycles. The van der Waals surface area contributed by atoms with E-state index in [9.17, 15) is 5.26 Å². The van der Waals surface area contributed by atoms with Crippen LogP contribution in [0.2, 0.25) is 0 Å². The van der Waals surface area contributed by atoms with Crippen LogP contribution >= 0.6 is 0 Å². The molecule has 152 valence electrons. The van der Waals surface area contributed by atoms with Crippen LogP contribution in [0.3, 0.4) is 0 Å². The highest BCUT2D eigenvalue weighted by molar-refractivity contribution is 6.14. The molecule has 0 aliphatic carbocycles. The predicted octanol–water partition coefficient (Wildman–Crippen LogP) is 5.88. The molecule has 1 N–H and O–H groups in total. The van der Waals surface area contributed by atoms with Crippen LogP contribution in [-0.4, -0.2) is 21.2 Å². The molecule has 0 aliphatic heterocycles. The van der Waals surface area contributed by atoms with Crippen molar-refractivity contribution in [3.63, 3.8) is 0 Å². The van der Waals surface area contributed by atoms with E-state index in [0.29, 0.717) is 17.3 Å². The van der Waals surface area contributed by atoms with E-state index >= 15 is 0 Å². The molecule has 4 rings (SSSR count). The quantitative estimate of drug-likeness (QED) is 0.430. The van der Waals surface area contributed by atoms with Crippen LogP contribution in [0.5, 0.6) is 0 Å². The van der Waals surface area contributed by atoms with Gasteiger partial charge in [0.1, 0.15) is 17.6 Å². The number of anilines is 1. The van der Waals surface area contributed by atoms with Crippen LogP contribution in [-0.2, 0) is 0 Å². The van der Waals surface area contributed by atoms with Gasteiger partial charge in [-0.3, -0.25) is 0 Å². The summed E-state index contributed by atoms with van der Waals surface area (Å²) >= 11 is 0. The summed E-state index contributed by atoms with van der Waals surface area (Å²) in [7, 11) is 0. The molecule has 0 saturated carbocycles. The number of nitriles is 1. The fourth-order valence-corrected chi connectivity index (χ4v) is 3.31. The largest absolute Gasteiger partial charge is 0.365 e. The molecule has 0 aliphatic rings. The maximum Gasteiger partial charge on any atom is 0.153 e. The Balaban J connectivity index is 1.89. The van der Waals surface area contributed by atoms with E-state index in [2.05, 4.69) is 42.1 Å². The van der Waals surface area contributed by atoms with Gasteiger partial charge < -0.3 is 5.32 Å². The Morgan fingerprint density at radius 3 is 2.10 bits per heavy atom. The van der Waals surface area contributed by atoms with E-state index in [1.807, 2.05) is 66.7 Å². The number of rotatable bonds is 4. The van der Waals surface area contributed by atoms with Crippen LogP contribution in [0.25, 0.3) is 10.8 Å². The van der Waals surface area contributed by atoms with Gasteiger partial charge in [0.2, 0.25) is 0 Å². The normalized spacial score (nSPS) is 11.0. The van der Waals surface area contributed by atoms with Crippen molar-refractivity contribution >= 4 is 28.1 Å². The fourth-order valence-electron chi connectivity index (χ4n) is 3.31. The van der Waals surface area contributed by atoms with Gasteiger partial charge in [-0.25, -0.2) is 15.0 Å². The fraction of sp³-hybridized carbons (Fsp3) is 0.154. The van der Waals surface area contributed by atoms with Gasteiger partial charge in [-0.2, -0.15) is 5.26 Å². The molecule has 4 aromatic rings. The number of hydrogen-bond acceptors (Lipinski definition) is 5. The summed E-state index contributed by atoms with van der Waals surface area (Å²) < 4.78 is 0. The number of nitrogens with one attached hydrogen (secondary N) is 1. The summed E-state index contributed by atoms with van der Waals surface area (Å²) in [4.78, 5) is 14.0. The Morgan fingerprint density at radius 1 is 0.935 bits per heavy atom. The van der Waals surface area contributed by atoms with Crippen LogP contribution in [0.1, 0.15) is 37.6 Å². The summed E-state index contributed by atoms with van der Waals surface area (Å²) in [5.41, 5.74) is 3.02. The summed E-state index contributed by atoms with van der Waals surface area (Å²) in [6.07, 6.45) is 1.75. The number of nitrogens with zero attached hydrogens (tertiary/aromatic N) is 4. The first-order valence-corrected chi connectivity index (χ1v) is 10.1. The monoisotopic (exact) mass is 405 g/mol. The van der Waals surface area contributed by atoms with Crippen molar-refractivity contribution < 1.29 is 0 Å². The number of fused-ring (bicyclic) bond motifs is 1. The summed E-state index contributed by atoms with van der Waals surface area (Å²) in [6, 6.07) is 25.9. The molecule has 2 heterocycles. The van der Waals surface area contributed by atoms with E-state index in [4.69, 9.17) is 4.99 Å². The Morgan fingerprint density at radius 2 is 1.55 bits per heavy atom. The maximum atomic E-state index is 9.36. The zero-order valence-electron chi connectivity index (χ0n) is 17.8. The Hall–Kier alpha value is -4.04. The van der Waals surface area contributed by atoms with Gasteiger partial charge in [-0.15, -0.1) is 0 Å². The highest BCUT2D eigenvalue weighted by Crippen LogP contribution is 2.28. The van der Waals surface area contributed by atoms with Crippen LogP contribution in [0, 0.1) is 11.3 Å². The van der Waals surface area contributed by atoms with Gasteiger partial charge in [0, 0.05) is 33.6 Å². The molecule has 0 radical (unpaired) electrons. The van der Waals surface area contributed by atoms with Crippen molar-refractivity contribution in [1.82, 2.24) is 9.97 Å². The highest BCUT2D eigenvalue weighted by Gasteiger charge is 2.15. The van der Waals surface area contributed by atoms with E-state index in [0.717, 1.165) is 27.6 Å². The van der Waals surface area contributed by atoms with Crippen molar-refractivity contribution in [1.29, 1.82) is 5.26 Å². The number of aliphatic imine (C=N–C) groups is 1. The molecule has 5 nitrogen and oxygen atoms in total. The molecule has 0 spiro atoms. The van der Waals surface area contributed by atoms with Gasteiger partial charge in [0.25, 0.3) is 0 Å². The van der Waals surface area contributed by atoms with Gasteiger partial charge in [-0.05, 0) is 32.9 Å². The lowest BCUT2D eigenvalue weighted by atomic mass is 10.0. The minimum atomic E-state index is -0.208. The average molecular weight is 406 g/mol. The summed E-state index contributed by atoms with van der Waals surface area (Å²) in [5.74, 6) is 1.24. The molecule has 0 unspecified atom stereocenters. The van der Waals surface area contributed by atoms with Gasteiger partial charge >= 0.3 is 0 Å². The maximum absolute atomic E-state index is 9.36. The molecule has 0 amide bonds. The van der Waals surface area contributed by atoms with Gasteiger partial charge in [0.05, 0.1) is 5.71 Å². The molecular weight excluding hydrogens is 382 g/mol. The Bertz CT molecular complexity index is 1240. The Kier molecular flexibility index (Phi) is 5.46. The Labute approximate surface area is 182 Å². The van der Waals surface area contributed by atoms with Crippen molar-refractivity contribution in [3.8, 4) is 6.07 Å². The van der Waals surface area contributed by atoms with E-state index < -0.39 is 0 Å². The molecule has 2 aromatic carbocycles. The second-order valence-electron chi connectivity index (χ2n) is 8.30. The molecule has 31 heavy (non-hydrogen) atoms. The SMILES string of the molecule is CC(C)(C)Nc1nc(C#N)cc2cnc(N=C(c3ccccc3)c3ccccc3)cc12. The highest BCUT2D eigenvalue weighted by atomic mass is 15.0. The number of hydrogen-bond donors (Lipinski definition) is 1. The van der Waals surface area contributed by atoms with Crippen molar-refractivity contribution in [2.24, 2.45) is 4.99 Å². The molecule has 0 bridgehead atoms. The van der Waals surface area contributed by atoms with Crippen LogP contribution in [0.4, 0.5) is 11.6 Å². The van der Waals surface area contributed by atoms with Crippen molar-refractivity contribution in [3.05, 3.63) is 95.8 Å². The number of aromatic nitrogens is 2. The van der Waals surface area contributed by atoms with E-state index in [-0.39, 0.29) is 5.54 Å². The summed E-state index contributed by atoms with van der Waals surface area (Å²) in [5, 5.41) is 14.5. The third-order valence-corrected chi connectivity index (χ3v) is 4.63. The zero-order valence-corrected chi connectivity index (χ0v) is 17.8. The third-order valence-electron chi connectivity index (χ3n) is 4.63. The minimum Gasteiger partial charge on any atom is -0.365 e. The minimum absolute atomic E-state index is 0.208. The molecular formula is C26H23N5. The topological polar surface area (TPSA) is 74.0 Å². The second-order valence-corrected chi connectivity index (χ2v) is 8.30. The average Bonchev–Trinajstić information content (AvgIpc) is 2.77. The van der Waals surface area contributed by atoms with Gasteiger partial charge in [0.15, 0.2) is 5.82 Å². The predicted molar refractivity (Wildman–Crippen MR) is 126 cm³/mol. The second kappa shape index (κ2) is 8.37. The first-order valence-electron chi connectivity index (χ1n) is 10.1. The first-order chi connectivity index (χ1) is 14.9. The molecule has 5 heteroatoms. The zero-order chi connectivity index (χ0) is 21.8. The molecule has 0 fully saturated rings. The van der Waals surface area contributed by atoms with Crippen molar-refractivity contribution in [2.75, 3.05) is 5.32 Å². The number of pyridine rings is 2. The molecule has 2 aromatic heterocycles. The van der Waals surface area contributed by atoms with Crippen molar-refractivity contribution in [2.45, 2.75) is 26.3 Å². The standard InChI is InChI=1S/C26H23N5/c1-26(2,3)31-25-22-15-23(28-17-20(22)14-21(16-27)29-25)30-24(18-10-6-4-7-11-18)19-12-8-5-9-13-19/h4-15,17H,1-3H3,(H,29,31). The van der Waals surface area contributed by atoms with Crippen LogP contribution in [0.15, 0.2) is 84.0 Å². The lowest BCUT2D eigenvalue weighted by molar-refractivity contribution is 0.631. The molecule has 0 atom stereocenters. The van der Waals surface area contributed by atoms with E-state index in [1.165, 1.54) is 0 Å². The lowest BCUT2D eigenvalue weighted by Crippen LogP contribution is -2.27. The first kappa shape index (κ1) is 20.2. The number of benzene rings is 2. The van der Waals surface area contributed by atoms with Gasteiger partial charge in [-0.1, -0.05) is 60.7 Å². The summed E-state index contributed by atoms with van der Waals surface area (Å²) in [6.45, 7) is 6.17. The lowest BCUT2D eigenvalue weighted by Gasteiger charge is -2.22. The van der Waals surface area contributed by atoms with Crippen LogP contribution < -0.4 is 5.32 Å². The third kappa shape index (κ3) is 4.76.